The first-order valence-electron chi connectivity index (χ1n) is 8.31. The van der Waals surface area contributed by atoms with E-state index in [1.807, 2.05) is 0 Å². The zero-order valence-electron chi connectivity index (χ0n) is 12.0. The lowest BCUT2D eigenvalue weighted by molar-refractivity contribution is -0.0631. The number of alkyl halides is 1. The summed E-state index contributed by atoms with van der Waals surface area (Å²) in [5.74, 6) is 0. The van der Waals surface area contributed by atoms with Gasteiger partial charge in [-0.15, -0.1) is 11.6 Å². The van der Waals surface area contributed by atoms with Crippen LogP contribution in [0.4, 0.5) is 0 Å². The van der Waals surface area contributed by atoms with Gasteiger partial charge in [-0.1, -0.05) is 19.3 Å². The van der Waals surface area contributed by atoms with E-state index in [0.29, 0.717) is 17.5 Å². The van der Waals surface area contributed by atoms with Gasteiger partial charge in [0.1, 0.15) is 0 Å². The van der Waals surface area contributed by atoms with E-state index >= 15 is 0 Å². The van der Waals surface area contributed by atoms with Gasteiger partial charge < -0.3 is 10.1 Å². The number of halogens is 1. The zero-order chi connectivity index (χ0) is 13.1. The molecule has 3 fully saturated rings. The molecule has 0 aromatic rings. The number of hydrogen-bond acceptors (Lipinski definition) is 2. The van der Waals surface area contributed by atoms with Gasteiger partial charge >= 0.3 is 0 Å². The molecule has 0 aromatic heterocycles. The fourth-order valence-corrected chi connectivity index (χ4v) is 4.41. The normalized spacial score (nSPS) is 38.7. The van der Waals surface area contributed by atoms with E-state index < -0.39 is 0 Å². The highest BCUT2D eigenvalue weighted by Gasteiger charge is 2.40. The number of nitrogens with one attached hydrogen (secondary N) is 1. The molecule has 1 N–H and O–H groups in total. The van der Waals surface area contributed by atoms with Crippen LogP contribution in [-0.2, 0) is 4.74 Å². The van der Waals surface area contributed by atoms with Crippen molar-refractivity contribution in [2.45, 2.75) is 93.8 Å². The van der Waals surface area contributed by atoms with Crippen LogP contribution in [0, 0.1) is 0 Å². The topological polar surface area (TPSA) is 21.3 Å². The van der Waals surface area contributed by atoms with Crippen molar-refractivity contribution in [3.05, 3.63) is 0 Å². The summed E-state index contributed by atoms with van der Waals surface area (Å²) in [6, 6.07) is 0.682. The fraction of sp³-hybridized carbons (Fsp3) is 1.00. The Balaban J connectivity index is 1.39. The first-order valence-corrected chi connectivity index (χ1v) is 8.75. The SMILES string of the molecule is ClC1CCC(NCC2CCC3(CCCCC3)O2)CC1. The van der Waals surface area contributed by atoms with Crippen LogP contribution in [0.2, 0.25) is 0 Å². The van der Waals surface area contributed by atoms with E-state index in [1.165, 1.54) is 70.6 Å². The number of rotatable bonds is 3. The third-order valence-electron chi connectivity index (χ3n) is 5.39. The predicted octanol–water partition coefficient (Wildman–Crippen LogP) is 4.01. The Hall–Kier alpha value is 0.210. The Morgan fingerprint density at radius 3 is 2.42 bits per heavy atom. The average Bonchev–Trinajstić information content (AvgIpc) is 2.82. The number of ether oxygens (including phenoxy) is 1. The minimum absolute atomic E-state index is 0.276. The van der Waals surface area contributed by atoms with E-state index in [0.717, 1.165) is 6.54 Å². The van der Waals surface area contributed by atoms with Crippen LogP contribution in [-0.4, -0.2) is 29.7 Å². The van der Waals surface area contributed by atoms with E-state index in [2.05, 4.69) is 5.32 Å². The van der Waals surface area contributed by atoms with Crippen LogP contribution in [0.25, 0.3) is 0 Å². The van der Waals surface area contributed by atoms with Crippen LogP contribution in [0.5, 0.6) is 0 Å². The minimum atomic E-state index is 0.276. The van der Waals surface area contributed by atoms with Gasteiger partial charge in [-0.05, 0) is 51.4 Å². The molecular weight excluding hydrogens is 258 g/mol. The highest BCUT2D eigenvalue weighted by atomic mass is 35.5. The van der Waals surface area contributed by atoms with Gasteiger partial charge in [0.05, 0.1) is 11.7 Å². The highest BCUT2D eigenvalue weighted by molar-refractivity contribution is 6.20. The molecule has 19 heavy (non-hydrogen) atoms. The fourth-order valence-electron chi connectivity index (χ4n) is 4.16. The second kappa shape index (κ2) is 6.32. The summed E-state index contributed by atoms with van der Waals surface area (Å²) in [5.41, 5.74) is 0.276. The smallest absolute Gasteiger partial charge is 0.0708 e. The Morgan fingerprint density at radius 1 is 0.947 bits per heavy atom. The van der Waals surface area contributed by atoms with Crippen LogP contribution in [0.15, 0.2) is 0 Å². The lowest BCUT2D eigenvalue weighted by Crippen LogP contribution is -2.39. The molecule has 1 aliphatic heterocycles. The molecule has 1 atom stereocenters. The first-order chi connectivity index (χ1) is 9.26. The monoisotopic (exact) mass is 285 g/mol. The lowest BCUT2D eigenvalue weighted by Gasteiger charge is -2.34. The average molecular weight is 286 g/mol. The summed E-state index contributed by atoms with van der Waals surface area (Å²) in [6.45, 7) is 1.05. The van der Waals surface area contributed by atoms with Crippen LogP contribution in [0.3, 0.4) is 0 Å². The molecule has 3 aliphatic rings. The van der Waals surface area contributed by atoms with Crippen molar-refractivity contribution in [2.75, 3.05) is 6.54 Å². The van der Waals surface area contributed by atoms with E-state index in [9.17, 15) is 0 Å². The van der Waals surface area contributed by atoms with Crippen molar-refractivity contribution in [2.24, 2.45) is 0 Å². The quantitative estimate of drug-likeness (QED) is 0.791. The summed E-state index contributed by atoms with van der Waals surface area (Å²) in [4.78, 5) is 0. The Bertz CT molecular complexity index is 282. The van der Waals surface area contributed by atoms with Crippen LogP contribution >= 0.6 is 11.6 Å². The van der Waals surface area contributed by atoms with E-state index in [-0.39, 0.29) is 5.60 Å². The maximum absolute atomic E-state index is 6.41. The van der Waals surface area contributed by atoms with Gasteiger partial charge in [-0.3, -0.25) is 0 Å². The third kappa shape index (κ3) is 3.65. The van der Waals surface area contributed by atoms with E-state index in [4.69, 9.17) is 16.3 Å². The predicted molar refractivity (Wildman–Crippen MR) is 79.8 cm³/mol. The maximum atomic E-state index is 6.41. The van der Waals surface area contributed by atoms with Gasteiger partial charge in [-0.2, -0.15) is 0 Å². The summed E-state index contributed by atoms with van der Waals surface area (Å²) >= 11 is 6.15. The Labute approximate surface area is 122 Å². The van der Waals surface area contributed by atoms with Gasteiger partial charge in [0.25, 0.3) is 0 Å². The van der Waals surface area contributed by atoms with Crippen molar-refractivity contribution >= 4 is 11.6 Å². The molecule has 0 aromatic carbocycles. The molecule has 3 heteroatoms. The Morgan fingerprint density at radius 2 is 1.68 bits per heavy atom. The van der Waals surface area contributed by atoms with E-state index in [1.54, 1.807) is 0 Å². The van der Waals surface area contributed by atoms with Crippen molar-refractivity contribution in [1.82, 2.24) is 5.32 Å². The molecule has 2 saturated carbocycles. The largest absolute Gasteiger partial charge is 0.370 e. The standard InChI is InChI=1S/C16H28ClNO/c17-13-4-6-14(7-5-13)18-12-15-8-11-16(19-15)9-2-1-3-10-16/h13-15,18H,1-12H2. The molecule has 3 rings (SSSR count). The Kier molecular flexibility index (Phi) is 4.71. The molecule has 0 bridgehead atoms. The molecule has 2 nitrogen and oxygen atoms in total. The highest BCUT2D eigenvalue weighted by Crippen LogP contribution is 2.41. The molecule has 1 heterocycles. The second-order valence-corrected chi connectivity index (χ2v) is 7.50. The van der Waals surface area contributed by atoms with Gasteiger partial charge in [0, 0.05) is 18.0 Å². The van der Waals surface area contributed by atoms with Gasteiger partial charge in [-0.25, -0.2) is 0 Å². The summed E-state index contributed by atoms with van der Waals surface area (Å²) in [5, 5.41) is 4.14. The molecule has 1 unspecified atom stereocenters. The number of hydrogen-bond donors (Lipinski definition) is 1. The molecule has 0 amide bonds. The van der Waals surface area contributed by atoms with Gasteiger partial charge in [0.2, 0.25) is 0 Å². The molecule has 0 radical (unpaired) electrons. The lowest BCUT2D eigenvalue weighted by atomic mass is 9.83. The maximum Gasteiger partial charge on any atom is 0.0708 e. The van der Waals surface area contributed by atoms with Crippen molar-refractivity contribution < 1.29 is 4.74 Å². The van der Waals surface area contributed by atoms with Crippen molar-refractivity contribution in [3.8, 4) is 0 Å². The van der Waals surface area contributed by atoms with Crippen LogP contribution < -0.4 is 5.32 Å². The van der Waals surface area contributed by atoms with Crippen LogP contribution in [0.1, 0.15) is 70.6 Å². The molecule has 1 saturated heterocycles. The molecule has 1 spiro atoms. The summed E-state index contributed by atoms with van der Waals surface area (Å²) in [6.07, 6.45) is 14.6. The third-order valence-corrected chi connectivity index (χ3v) is 5.83. The summed E-state index contributed by atoms with van der Waals surface area (Å²) < 4.78 is 6.41. The molecule has 110 valence electrons. The van der Waals surface area contributed by atoms with Crippen molar-refractivity contribution in [1.29, 1.82) is 0 Å². The van der Waals surface area contributed by atoms with Crippen molar-refractivity contribution in [3.63, 3.8) is 0 Å². The minimum Gasteiger partial charge on any atom is -0.370 e. The van der Waals surface area contributed by atoms with Gasteiger partial charge in [0.15, 0.2) is 0 Å². The molecular formula is C16H28ClNO. The first kappa shape index (κ1) is 14.2. The zero-order valence-corrected chi connectivity index (χ0v) is 12.8. The second-order valence-electron chi connectivity index (χ2n) is 6.88. The summed E-state index contributed by atoms with van der Waals surface area (Å²) in [7, 11) is 0. The molecule has 2 aliphatic carbocycles.